The molecule has 3 aromatic carbocycles. The van der Waals surface area contributed by atoms with Crippen LogP contribution >= 0.6 is 11.8 Å². The first-order valence-electron chi connectivity index (χ1n) is 13.7. The topological polar surface area (TPSA) is 142 Å². The summed E-state index contributed by atoms with van der Waals surface area (Å²) in [5, 5.41) is 28.3. The zero-order chi connectivity index (χ0) is 30.0. The van der Waals surface area contributed by atoms with Gasteiger partial charge in [-0.15, -0.1) is 23.4 Å². The number of aliphatic carboxylic acids is 1. The quantitative estimate of drug-likeness (QED) is 0.143. The monoisotopic (exact) mass is 595 g/mol. The summed E-state index contributed by atoms with van der Waals surface area (Å²) in [6.07, 6.45) is 1.38. The number of carboxylic acid groups (broad SMARTS) is 1. The lowest BCUT2D eigenvalue weighted by atomic mass is 9.77. The van der Waals surface area contributed by atoms with Crippen LogP contribution in [-0.4, -0.2) is 71.7 Å². The van der Waals surface area contributed by atoms with Crippen LogP contribution in [0.2, 0.25) is 0 Å². The minimum atomic E-state index is -1.20. The van der Waals surface area contributed by atoms with Gasteiger partial charge in [0.1, 0.15) is 28.9 Å². The van der Waals surface area contributed by atoms with E-state index in [4.69, 9.17) is 0 Å². The minimum absolute atomic E-state index is 0.0281. The van der Waals surface area contributed by atoms with Gasteiger partial charge >= 0.3 is 5.97 Å². The van der Waals surface area contributed by atoms with E-state index in [2.05, 4.69) is 32.6 Å². The van der Waals surface area contributed by atoms with E-state index in [0.29, 0.717) is 0 Å². The van der Waals surface area contributed by atoms with Crippen molar-refractivity contribution >= 4 is 35.5 Å². The van der Waals surface area contributed by atoms with Crippen molar-refractivity contribution < 1.29 is 19.5 Å². The Morgan fingerprint density at radius 1 is 1.00 bits per heavy atom. The third-order valence-electron chi connectivity index (χ3n) is 7.90. The number of hydrogen-bond acceptors (Lipinski definition) is 8. The van der Waals surface area contributed by atoms with Crippen LogP contribution in [0.3, 0.4) is 0 Å². The summed E-state index contributed by atoms with van der Waals surface area (Å²) in [6.45, 7) is 3.42. The second-order valence-corrected chi connectivity index (χ2v) is 11.6. The van der Waals surface area contributed by atoms with E-state index >= 15 is 0 Å². The summed E-state index contributed by atoms with van der Waals surface area (Å²) in [6, 6.07) is 29.1. The van der Waals surface area contributed by atoms with E-state index < -0.39 is 28.9 Å². The van der Waals surface area contributed by atoms with E-state index in [-0.39, 0.29) is 36.1 Å². The molecule has 0 saturated carbocycles. The first kappa shape index (κ1) is 28.2. The molecule has 0 aliphatic carbocycles. The number of hydrogen-bond donors (Lipinski definition) is 3. The molecular weight excluding hydrogens is 566 g/mol. The Hall–Kier alpha value is -4.97. The number of benzene rings is 3. The first-order chi connectivity index (χ1) is 20.9. The second kappa shape index (κ2) is 11.4. The zero-order valence-corrected chi connectivity index (χ0v) is 23.9. The fraction of sp³-hybridized carbons (Fsp3) is 0.226. The van der Waals surface area contributed by atoms with Crippen LogP contribution in [0.1, 0.15) is 16.7 Å². The molecule has 0 bridgehead atoms. The van der Waals surface area contributed by atoms with Gasteiger partial charge in [0, 0.05) is 12.3 Å². The van der Waals surface area contributed by atoms with Crippen molar-refractivity contribution in [3.8, 4) is 0 Å². The summed E-state index contributed by atoms with van der Waals surface area (Å²) in [5.41, 5.74) is 0.818. The number of fused-ring (bicyclic) bond motifs is 1. The normalized spacial score (nSPS) is 21.3. The lowest BCUT2D eigenvalue weighted by molar-refractivity contribution is -0.156. The molecule has 6 rings (SSSR count). The van der Waals surface area contributed by atoms with Crippen LogP contribution in [0.25, 0.3) is 0 Å². The number of nitrogens with one attached hydrogen (secondary N) is 2. The molecule has 12 heteroatoms. The number of nitrogens with zero attached hydrogens (tertiary/aromatic N) is 5. The molecule has 1 aromatic heterocycles. The molecule has 11 nitrogen and oxygen atoms in total. The molecule has 2 unspecified atom stereocenters. The predicted molar refractivity (Wildman–Crippen MR) is 161 cm³/mol. The number of anilines is 1. The molecule has 0 radical (unpaired) electrons. The number of carboxylic acids is 1. The van der Waals surface area contributed by atoms with Crippen LogP contribution in [0.4, 0.5) is 5.95 Å². The van der Waals surface area contributed by atoms with Crippen molar-refractivity contribution in [3.05, 3.63) is 120 Å². The molecule has 3 N–H and O–H groups in total. The number of carbonyl (C=O) groups excluding carboxylic acids is 2. The standard InChI is InChI=1S/C31H29N7O4S/c1-2-30(28(41)42)19-37-26(40)25(27(37)43-20-30)32-24(39)18-38-35-29(34-36-38)33-31(21-12-6-3-7-13-21,22-14-8-4-9-15-22)23-16-10-5-11-17-23/h2-17,25,27H,1,18-20H2,(H,32,39)(H,33,35)(H,41,42)/t25?,27-,30?/m1/s1. The number of carbonyl (C=O) groups is 3. The maximum atomic E-state index is 12.9. The smallest absolute Gasteiger partial charge is 0.316 e. The summed E-state index contributed by atoms with van der Waals surface area (Å²) < 4.78 is 0. The molecule has 3 atom stereocenters. The number of tetrazole rings is 1. The van der Waals surface area contributed by atoms with E-state index in [1.165, 1.54) is 27.5 Å². The average molecular weight is 596 g/mol. The molecule has 2 aliphatic rings. The van der Waals surface area contributed by atoms with Crippen molar-refractivity contribution in [1.82, 2.24) is 30.4 Å². The molecule has 2 aliphatic heterocycles. The second-order valence-electron chi connectivity index (χ2n) is 10.5. The van der Waals surface area contributed by atoms with Crippen molar-refractivity contribution in [2.75, 3.05) is 17.6 Å². The highest BCUT2D eigenvalue weighted by Crippen LogP contribution is 2.43. The van der Waals surface area contributed by atoms with Gasteiger partial charge in [0.2, 0.25) is 11.8 Å². The number of thioether (sulfide) groups is 1. The molecule has 2 saturated heterocycles. The van der Waals surface area contributed by atoms with Crippen LogP contribution in [0.15, 0.2) is 104 Å². The summed E-state index contributed by atoms with van der Waals surface area (Å²) in [7, 11) is 0. The number of amides is 2. The maximum absolute atomic E-state index is 12.9. The zero-order valence-electron chi connectivity index (χ0n) is 23.0. The van der Waals surface area contributed by atoms with Crippen LogP contribution in [0, 0.1) is 5.41 Å². The highest BCUT2D eigenvalue weighted by atomic mass is 32.2. The Morgan fingerprint density at radius 3 is 2.07 bits per heavy atom. The van der Waals surface area contributed by atoms with Gasteiger partial charge in [0.25, 0.3) is 5.95 Å². The molecular formula is C31H29N7O4S. The summed E-state index contributed by atoms with van der Waals surface area (Å²) in [5.74, 6) is -1.33. The van der Waals surface area contributed by atoms with Crippen molar-refractivity contribution in [3.63, 3.8) is 0 Å². The van der Waals surface area contributed by atoms with E-state index in [1.807, 2.05) is 91.0 Å². The number of β-lactam (4-membered cyclic amide) rings is 1. The van der Waals surface area contributed by atoms with Gasteiger partial charge in [-0.3, -0.25) is 14.4 Å². The molecule has 3 heterocycles. The maximum Gasteiger partial charge on any atom is 0.316 e. The number of rotatable bonds is 10. The van der Waals surface area contributed by atoms with E-state index in [0.717, 1.165) is 16.7 Å². The molecule has 43 heavy (non-hydrogen) atoms. The lowest BCUT2D eigenvalue weighted by Gasteiger charge is -2.53. The average Bonchev–Trinajstić information content (AvgIpc) is 3.49. The molecule has 0 spiro atoms. The van der Waals surface area contributed by atoms with E-state index in [9.17, 15) is 19.5 Å². The Morgan fingerprint density at radius 2 is 1.56 bits per heavy atom. The Balaban J connectivity index is 1.20. The summed E-state index contributed by atoms with van der Waals surface area (Å²) in [4.78, 5) is 40.1. The van der Waals surface area contributed by atoms with Crippen molar-refractivity contribution in [2.24, 2.45) is 5.41 Å². The lowest BCUT2D eigenvalue weighted by Crippen LogP contribution is -2.73. The van der Waals surface area contributed by atoms with Gasteiger partial charge in [0.15, 0.2) is 0 Å². The fourth-order valence-corrected chi connectivity index (χ4v) is 7.13. The molecule has 2 amide bonds. The van der Waals surface area contributed by atoms with Crippen molar-refractivity contribution in [1.29, 1.82) is 0 Å². The Labute approximate surface area is 252 Å². The minimum Gasteiger partial charge on any atom is -0.481 e. The Kier molecular flexibility index (Phi) is 7.45. The SMILES string of the molecule is C=CC1(C(=O)O)CS[C@@H]2C(NC(=O)Cn3nnc(NC(c4ccccc4)(c4ccccc4)c4ccccc4)n3)C(=O)N2C1. The highest BCUT2D eigenvalue weighted by molar-refractivity contribution is 8.00. The van der Waals surface area contributed by atoms with E-state index in [1.54, 1.807) is 0 Å². The highest BCUT2D eigenvalue weighted by Gasteiger charge is 2.56. The fourth-order valence-electron chi connectivity index (χ4n) is 5.59. The number of aromatic nitrogens is 4. The summed E-state index contributed by atoms with van der Waals surface area (Å²) >= 11 is 1.32. The van der Waals surface area contributed by atoms with Crippen LogP contribution in [-0.2, 0) is 26.5 Å². The molecule has 218 valence electrons. The largest absolute Gasteiger partial charge is 0.481 e. The van der Waals surface area contributed by atoms with Gasteiger partial charge in [-0.1, -0.05) is 102 Å². The van der Waals surface area contributed by atoms with Crippen molar-refractivity contribution in [2.45, 2.75) is 23.5 Å². The van der Waals surface area contributed by atoms with Crippen LogP contribution in [0.5, 0.6) is 0 Å². The van der Waals surface area contributed by atoms with Gasteiger partial charge in [-0.2, -0.15) is 4.80 Å². The van der Waals surface area contributed by atoms with Crippen LogP contribution < -0.4 is 10.6 Å². The third-order valence-corrected chi connectivity index (χ3v) is 9.45. The van der Waals surface area contributed by atoms with Gasteiger partial charge in [0.05, 0.1) is 0 Å². The Bertz CT molecular complexity index is 1550. The van der Waals surface area contributed by atoms with Gasteiger partial charge in [-0.25, -0.2) is 0 Å². The molecule has 2 fully saturated rings. The first-order valence-corrected chi connectivity index (χ1v) is 14.7. The van der Waals surface area contributed by atoms with Gasteiger partial charge in [-0.05, 0) is 21.9 Å². The van der Waals surface area contributed by atoms with Gasteiger partial charge < -0.3 is 20.6 Å². The third kappa shape index (κ3) is 5.03. The predicted octanol–water partition coefficient (Wildman–Crippen LogP) is 2.73. The molecule has 4 aromatic rings.